The number of furan rings is 1. The summed E-state index contributed by atoms with van der Waals surface area (Å²) in [4.78, 5) is 27.3. The molecule has 0 saturated carbocycles. The lowest BCUT2D eigenvalue weighted by Crippen LogP contribution is -2.17. The Morgan fingerprint density at radius 3 is 2.83 bits per heavy atom. The van der Waals surface area contributed by atoms with Gasteiger partial charge >= 0.3 is 0 Å². The minimum absolute atomic E-state index is 0.104. The summed E-state index contributed by atoms with van der Waals surface area (Å²) in [6.45, 7) is 0. The summed E-state index contributed by atoms with van der Waals surface area (Å²) >= 11 is 0. The zero-order chi connectivity index (χ0) is 16.2. The molecule has 116 valence electrons. The number of ketones is 2. The fourth-order valence-electron chi connectivity index (χ4n) is 2.16. The van der Waals surface area contributed by atoms with E-state index in [4.69, 9.17) is 4.42 Å². The fraction of sp³-hybridized carbons (Fsp3) is 0.125. The standard InChI is InChI=1S/C16H12FN3O3/c17-13-4-2-1-3-11(13)5-10-6-12(23-8-10)7-14(21)15(22)16-18-9-19-20-16/h1-4,6,8-9H,5,7H2,(H,18,19,20). The third kappa shape index (κ3) is 3.39. The Labute approximate surface area is 130 Å². The van der Waals surface area contributed by atoms with Crippen LogP contribution >= 0.6 is 0 Å². The molecule has 3 rings (SSSR count). The number of halogens is 1. The topological polar surface area (TPSA) is 88.8 Å². The van der Waals surface area contributed by atoms with E-state index in [1.807, 2.05) is 0 Å². The average molecular weight is 313 g/mol. The lowest BCUT2D eigenvalue weighted by atomic mass is 10.1. The Kier molecular flexibility index (Phi) is 4.09. The van der Waals surface area contributed by atoms with Crippen LogP contribution in [0.2, 0.25) is 0 Å². The number of H-pyrrole nitrogens is 1. The van der Waals surface area contributed by atoms with Crippen LogP contribution in [0.1, 0.15) is 27.5 Å². The zero-order valence-corrected chi connectivity index (χ0v) is 12.0. The molecule has 0 radical (unpaired) electrons. The first-order valence-corrected chi connectivity index (χ1v) is 6.86. The van der Waals surface area contributed by atoms with Crippen molar-refractivity contribution < 1.29 is 18.4 Å². The van der Waals surface area contributed by atoms with Gasteiger partial charge in [-0.3, -0.25) is 14.7 Å². The molecule has 0 atom stereocenters. The van der Waals surface area contributed by atoms with Gasteiger partial charge in [0.2, 0.25) is 5.78 Å². The van der Waals surface area contributed by atoms with Crippen molar-refractivity contribution in [3.63, 3.8) is 0 Å². The molecule has 0 aliphatic rings. The van der Waals surface area contributed by atoms with Gasteiger partial charge in [-0.05, 0) is 23.3 Å². The summed E-state index contributed by atoms with van der Waals surface area (Å²) in [6.07, 6.45) is 2.77. The van der Waals surface area contributed by atoms with E-state index in [0.29, 0.717) is 17.7 Å². The van der Waals surface area contributed by atoms with E-state index in [1.54, 1.807) is 24.3 Å². The minimum atomic E-state index is -0.755. The largest absolute Gasteiger partial charge is 0.469 e. The van der Waals surface area contributed by atoms with Gasteiger partial charge in [0.25, 0.3) is 5.78 Å². The molecule has 0 saturated heterocycles. The van der Waals surface area contributed by atoms with Crippen molar-refractivity contribution in [1.29, 1.82) is 0 Å². The van der Waals surface area contributed by atoms with E-state index < -0.39 is 11.6 Å². The average Bonchev–Trinajstić information content (AvgIpc) is 3.21. The molecule has 0 unspecified atom stereocenters. The van der Waals surface area contributed by atoms with Gasteiger partial charge in [0.1, 0.15) is 17.9 Å². The maximum absolute atomic E-state index is 13.6. The Bertz CT molecular complexity index is 840. The van der Waals surface area contributed by atoms with E-state index in [2.05, 4.69) is 15.2 Å². The van der Waals surface area contributed by atoms with Gasteiger partial charge in [-0.25, -0.2) is 9.37 Å². The smallest absolute Gasteiger partial charge is 0.265 e. The van der Waals surface area contributed by atoms with Crippen molar-refractivity contribution in [2.24, 2.45) is 0 Å². The first-order valence-electron chi connectivity index (χ1n) is 6.86. The second-order valence-electron chi connectivity index (χ2n) is 4.95. The number of nitrogens with zero attached hydrogens (tertiary/aromatic N) is 2. The van der Waals surface area contributed by atoms with E-state index in [-0.39, 0.29) is 18.1 Å². The Morgan fingerprint density at radius 1 is 1.26 bits per heavy atom. The predicted molar refractivity (Wildman–Crippen MR) is 77.3 cm³/mol. The second-order valence-corrected chi connectivity index (χ2v) is 4.95. The summed E-state index contributed by atoms with van der Waals surface area (Å²) in [7, 11) is 0. The van der Waals surface area contributed by atoms with Crippen LogP contribution in [0, 0.1) is 5.82 Å². The van der Waals surface area contributed by atoms with Gasteiger partial charge in [-0.15, -0.1) is 0 Å². The Hall–Kier alpha value is -3.09. The normalized spacial score (nSPS) is 10.7. The van der Waals surface area contributed by atoms with Crippen LogP contribution in [0.3, 0.4) is 0 Å². The number of hydrogen-bond donors (Lipinski definition) is 1. The van der Waals surface area contributed by atoms with Crippen molar-refractivity contribution in [2.75, 3.05) is 0 Å². The van der Waals surface area contributed by atoms with Crippen LogP contribution in [0.25, 0.3) is 0 Å². The van der Waals surface area contributed by atoms with E-state index in [9.17, 15) is 14.0 Å². The maximum Gasteiger partial charge on any atom is 0.265 e. The Balaban J connectivity index is 1.67. The lowest BCUT2D eigenvalue weighted by Gasteiger charge is -1.99. The van der Waals surface area contributed by atoms with E-state index in [0.717, 1.165) is 11.9 Å². The lowest BCUT2D eigenvalue weighted by molar-refractivity contribution is -0.114. The molecular formula is C16H12FN3O3. The third-order valence-corrected chi connectivity index (χ3v) is 3.28. The number of Topliss-reactive ketones (excluding diaryl/α,β-unsaturated/α-hetero) is 2. The SMILES string of the molecule is O=C(Cc1cc(Cc2ccccc2F)co1)C(=O)c1ncn[nH]1. The molecule has 3 aromatic rings. The molecule has 6 nitrogen and oxygen atoms in total. The molecule has 0 amide bonds. The number of hydrogen-bond acceptors (Lipinski definition) is 5. The number of carbonyl (C=O) groups is 2. The van der Waals surface area contributed by atoms with Gasteiger partial charge in [-0.2, -0.15) is 5.10 Å². The first-order chi connectivity index (χ1) is 11.1. The summed E-state index contributed by atoms with van der Waals surface area (Å²) in [5, 5.41) is 5.87. The maximum atomic E-state index is 13.6. The van der Waals surface area contributed by atoms with Crippen molar-refractivity contribution in [1.82, 2.24) is 15.2 Å². The van der Waals surface area contributed by atoms with Gasteiger partial charge < -0.3 is 4.42 Å². The number of aromatic amines is 1. The highest BCUT2D eigenvalue weighted by Crippen LogP contribution is 2.16. The van der Waals surface area contributed by atoms with Gasteiger partial charge in [0, 0.05) is 6.42 Å². The molecule has 23 heavy (non-hydrogen) atoms. The van der Waals surface area contributed by atoms with Crippen LogP contribution in [0.5, 0.6) is 0 Å². The van der Waals surface area contributed by atoms with Crippen molar-refractivity contribution in [2.45, 2.75) is 12.8 Å². The van der Waals surface area contributed by atoms with Gasteiger partial charge in [0.15, 0.2) is 5.82 Å². The zero-order valence-electron chi connectivity index (χ0n) is 12.0. The van der Waals surface area contributed by atoms with Crippen LogP contribution in [-0.4, -0.2) is 26.7 Å². The molecule has 0 spiro atoms. The van der Waals surface area contributed by atoms with Crippen molar-refractivity contribution >= 4 is 11.6 Å². The third-order valence-electron chi connectivity index (χ3n) is 3.28. The Morgan fingerprint density at radius 2 is 2.09 bits per heavy atom. The van der Waals surface area contributed by atoms with Gasteiger partial charge in [0.05, 0.1) is 12.7 Å². The van der Waals surface area contributed by atoms with Crippen molar-refractivity contribution in [3.8, 4) is 0 Å². The minimum Gasteiger partial charge on any atom is -0.469 e. The monoisotopic (exact) mass is 313 g/mol. The predicted octanol–water partition coefficient (Wildman–Crippen LogP) is 2.12. The quantitative estimate of drug-likeness (QED) is 0.556. The molecule has 7 heteroatoms. The van der Waals surface area contributed by atoms with Crippen LogP contribution in [0.4, 0.5) is 4.39 Å². The van der Waals surface area contributed by atoms with E-state index in [1.165, 1.54) is 12.3 Å². The number of benzene rings is 1. The molecule has 0 aliphatic heterocycles. The highest BCUT2D eigenvalue weighted by molar-refractivity contribution is 6.42. The molecule has 1 aromatic carbocycles. The summed E-state index contributed by atoms with van der Waals surface area (Å²) in [6, 6.07) is 8.07. The van der Waals surface area contributed by atoms with Crippen LogP contribution in [-0.2, 0) is 17.6 Å². The van der Waals surface area contributed by atoms with Crippen LogP contribution < -0.4 is 0 Å². The molecule has 0 aliphatic carbocycles. The van der Waals surface area contributed by atoms with Gasteiger partial charge in [-0.1, -0.05) is 18.2 Å². The highest BCUT2D eigenvalue weighted by Gasteiger charge is 2.20. The molecule has 1 N–H and O–H groups in total. The van der Waals surface area contributed by atoms with Crippen molar-refractivity contribution in [3.05, 3.63) is 71.5 Å². The first kappa shape index (κ1) is 14.8. The van der Waals surface area contributed by atoms with Crippen LogP contribution in [0.15, 0.2) is 47.3 Å². The molecule has 2 aromatic heterocycles. The number of aromatic nitrogens is 3. The summed E-state index contributed by atoms with van der Waals surface area (Å²) in [5.41, 5.74) is 1.26. The summed E-state index contributed by atoms with van der Waals surface area (Å²) in [5.74, 6) is -1.47. The van der Waals surface area contributed by atoms with E-state index >= 15 is 0 Å². The highest BCUT2D eigenvalue weighted by atomic mass is 19.1. The molecule has 0 fully saturated rings. The fourth-order valence-corrected chi connectivity index (χ4v) is 2.16. The second kappa shape index (κ2) is 6.35. The summed E-state index contributed by atoms with van der Waals surface area (Å²) < 4.78 is 18.9. The number of rotatable bonds is 6. The number of nitrogens with one attached hydrogen (secondary N) is 1. The molecule has 2 heterocycles. The molecular weight excluding hydrogens is 301 g/mol. The number of carbonyl (C=O) groups excluding carboxylic acids is 2. The molecule has 0 bridgehead atoms.